The molecule has 24 heavy (non-hydrogen) atoms. The molecule has 0 spiro atoms. The summed E-state index contributed by atoms with van der Waals surface area (Å²) in [6.07, 6.45) is 1.61. The maximum absolute atomic E-state index is 6.07. The predicted octanol–water partition coefficient (Wildman–Crippen LogP) is 4.61. The van der Waals surface area contributed by atoms with E-state index in [2.05, 4.69) is 15.2 Å². The van der Waals surface area contributed by atoms with Crippen molar-refractivity contribution >= 4 is 22.4 Å². The number of aromatic nitrogens is 3. The minimum Gasteiger partial charge on any atom is -0.497 e. The Hall–Kier alpha value is -2.92. The Bertz CT molecular complexity index is 1030. The second-order valence-electron chi connectivity index (χ2n) is 5.18. The highest BCUT2D eigenvalue weighted by Crippen LogP contribution is 2.30. The highest BCUT2D eigenvalue weighted by molar-refractivity contribution is 6.31. The first-order valence-corrected chi connectivity index (χ1v) is 7.65. The molecule has 2 aromatic heterocycles. The van der Waals surface area contributed by atoms with E-state index in [1.165, 1.54) is 0 Å². The van der Waals surface area contributed by atoms with E-state index in [-0.39, 0.29) is 0 Å². The molecule has 0 aliphatic heterocycles. The van der Waals surface area contributed by atoms with Crippen LogP contribution in [0.1, 0.15) is 0 Å². The molecule has 4 aromatic rings. The summed E-state index contributed by atoms with van der Waals surface area (Å²) in [5.74, 6) is 1.60. The Labute approximate surface area is 142 Å². The lowest BCUT2D eigenvalue weighted by Gasteiger charge is -2.03. The van der Waals surface area contributed by atoms with Crippen molar-refractivity contribution in [3.8, 4) is 28.7 Å². The highest BCUT2D eigenvalue weighted by Gasteiger charge is 2.14. The molecule has 0 saturated carbocycles. The molecule has 0 aliphatic rings. The van der Waals surface area contributed by atoms with Crippen molar-refractivity contribution in [3.05, 3.63) is 59.9 Å². The largest absolute Gasteiger partial charge is 0.497 e. The number of halogens is 1. The third-order valence-corrected chi connectivity index (χ3v) is 4.01. The van der Waals surface area contributed by atoms with Crippen molar-refractivity contribution in [3.63, 3.8) is 0 Å². The first-order valence-electron chi connectivity index (χ1n) is 7.27. The predicted molar refractivity (Wildman–Crippen MR) is 92.0 cm³/mol. The second-order valence-corrected chi connectivity index (χ2v) is 5.54. The fraction of sp³-hybridized carbons (Fsp3) is 0.0556. The molecule has 0 aliphatic carbocycles. The zero-order chi connectivity index (χ0) is 16.5. The number of benzene rings is 2. The van der Waals surface area contributed by atoms with Crippen LogP contribution in [0.25, 0.3) is 33.7 Å². The zero-order valence-corrected chi connectivity index (χ0v) is 13.5. The maximum Gasteiger partial charge on any atom is 0.251 e. The normalized spacial score (nSPS) is 10.9. The average Bonchev–Trinajstić information content (AvgIpc) is 3.11. The van der Waals surface area contributed by atoms with Gasteiger partial charge in [-0.1, -0.05) is 23.7 Å². The SMILES string of the molecule is COc1ccc2cc(-c3nnc(-c4cccnc4Cl)o3)ccc2c1. The van der Waals surface area contributed by atoms with Gasteiger partial charge in [0.15, 0.2) is 0 Å². The molecule has 118 valence electrons. The molecule has 2 aromatic carbocycles. The monoisotopic (exact) mass is 337 g/mol. The van der Waals surface area contributed by atoms with E-state index in [1.54, 1.807) is 25.4 Å². The van der Waals surface area contributed by atoms with Gasteiger partial charge in [0.25, 0.3) is 5.89 Å². The number of fused-ring (bicyclic) bond motifs is 1. The lowest BCUT2D eigenvalue weighted by molar-refractivity contribution is 0.415. The van der Waals surface area contributed by atoms with Gasteiger partial charge in [-0.05, 0) is 47.2 Å². The van der Waals surface area contributed by atoms with Crippen LogP contribution in [0.2, 0.25) is 5.15 Å². The molecule has 2 heterocycles. The summed E-state index contributed by atoms with van der Waals surface area (Å²) in [5.41, 5.74) is 1.45. The second kappa shape index (κ2) is 5.94. The fourth-order valence-electron chi connectivity index (χ4n) is 2.48. The quantitative estimate of drug-likeness (QED) is 0.511. The molecule has 5 nitrogen and oxygen atoms in total. The third-order valence-electron chi connectivity index (χ3n) is 3.71. The van der Waals surface area contributed by atoms with E-state index in [0.717, 1.165) is 22.1 Å². The fourth-order valence-corrected chi connectivity index (χ4v) is 2.68. The van der Waals surface area contributed by atoms with Gasteiger partial charge in [-0.2, -0.15) is 0 Å². The van der Waals surface area contributed by atoms with E-state index >= 15 is 0 Å². The molecule has 0 fully saturated rings. The number of hydrogen-bond acceptors (Lipinski definition) is 5. The van der Waals surface area contributed by atoms with Crippen LogP contribution in [-0.4, -0.2) is 22.3 Å². The summed E-state index contributed by atoms with van der Waals surface area (Å²) in [4.78, 5) is 4.02. The van der Waals surface area contributed by atoms with Crippen molar-refractivity contribution in [2.75, 3.05) is 7.11 Å². The zero-order valence-electron chi connectivity index (χ0n) is 12.7. The standard InChI is InChI=1S/C18H12ClN3O2/c1-23-14-7-6-11-9-13(5-4-12(11)10-14)17-21-22-18(24-17)15-3-2-8-20-16(15)19/h2-10H,1H3. The van der Waals surface area contributed by atoms with Crippen molar-refractivity contribution in [2.45, 2.75) is 0 Å². The summed E-state index contributed by atoms with van der Waals surface area (Å²) >= 11 is 6.07. The summed E-state index contributed by atoms with van der Waals surface area (Å²) in [7, 11) is 1.65. The highest BCUT2D eigenvalue weighted by atomic mass is 35.5. The van der Waals surface area contributed by atoms with E-state index in [4.69, 9.17) is 20.8 Å². The minimum absolute atomic E-state index is 0.332. The topological polar surface area (TPSA) is 61.0 Å². The first-order chi connectivity index (χ1) is 11.7. The van der Waals surface area contributed by atoms with Gasteiger partial charge < -0.3 is 9.15 Å². The van der Waals surface area contributed by atoms with Gasteiger partial charge in [0.05, 0.1) is 12.7 Å². The van der Waals surface area contributed by atoms with Crippen LogP contribution in [-0.2, 0) is 0 Å². The lowest BCUT2D eigenvalue weighted by Crippen LogP contribution is -1.83. The lowest BCUT2D eigenvalue weighted by atomic mass is 10.1. The van der Waals surface area contributed by atoms with Crippen LogP contribution in [0.15, 0.2) is 59.1 Å². The number of pyridine rings is 1. The van der Waals surface area contributed by atoms with Crippen LogP contribution >= 0.6 is 11.6 Å². The van der Waals surface area contributed by atoms with Crippen LogP contribution in [0.5, 0.6) is 5.75 Å². The Morgan fingerprint density at radius 3 is 2.58 bits per heavy atom. The van der Waals surface area contributed by atoms with Crippen LogP contribution in [0, 0.1) is 0 Å². The molecule has 0 radical (unpaired) electrons. The molecule has 0 unspecified atom stereocenters. The summed E-state index contributed by atoms with van der Waals surface area (Å²) < 4.78 is 11.0. The number of methoxy groups -OCH3 is 1. The number of ether oxygens (including phenoxy) is 1. The van der Waals surface area contributed by atoms with Gasteiger partial charge in [-0.15, -0.1) is 10.2 Å². The van der Waals surface area contributed by atoms with Crippen molar-refractivity contribution in [1.29, 1.82) is 0 Å². The Kier molecular flexibility index (Phi) is 3.63. The van der Waals surface area contributed by atoms with Gasteiger partial charge in [0.1, 0.15) is 10.9 Å². The molecule has 0 atom stereocenters. The Morgan fingerprint density at radius 2 is 1.75 bits per heavy atom. The Morgan fingerprint density at radius 1 is 0.958 bits per heavy atom. The molecule has 0 N–H and O–H groups in total. The van der Waals surface area contributed by atoms with Gasteiger partial charge in [-0.3, -0.25) is 0 Å². The smallest absolute Gasteiger partial charge is 0.251 e. The summed E-state index contributed by atoms with van der Waals surface area (Å²) in [6, 6.07) is 15.4. The molecular formula is C18H12ClN3O2. The first kappa shape index (κ1) is 14.7. The van der Waals surface area contributed by atoms with Gasteiger partial charge in [-0.25, -0.2) is 4.98 Å². The van der Waals surface area contributed by atoms with E-state index in [0.29, 0.717) is 22.5 Å². The van der Waals surface area contributed by atoms with Crippen LogP contribution in [0.3, 0.4) is 0 Å². The van der Waals surface area contributed by atoms with Crippen LogP contribution in [0.4, 0.5) is 0 Å². The molecular weight excluding hydrogens is 326 g/mol. The van der Waals surface area contributed by atoms with Crippen molar-refractivity contribution in [2.24, 2.45) is 0 Å². The van der Waals surface area contributed by atoms with Gasteiger partial charge in [0, 0.05) is 11.8 Å². The van der Waals surface area contributed by atoms with Crippen molar-refractivity contribution < 1.29 is 9.15 Å². The van der Waals surface area contributed by atoms with E-state index in [9.17, 15) is 0 Å². The van der Waals surface area contributed by atoms with E-state index in [1.807, 2.05) is 36.4 Å². The Balaban J connectivity index is 1.74. The maximum atomic E-state index is 6.07. The minimum atomic E-state index is 0.332. The molecule has 4 rings (SSSR count). The number of nitrogens with zero attached hydrogens (tertiary/aromatic N) is 3. The van der Waals surface area contributed by atoms with E-state index < -0.39 is 0 Å². The molecule has 0 amide bonds. The average molecular weight is 338 g/mol. The number of hydrogen-bond donors (Lipinski definition) is 0. The summed E-state index contributed by atoms with van der Waals surface area (Å²) in [6.45, 7) is 0. The van der Waals surface area contributed by atoms with Gasteiger partial charge in [0.2, 0.25) is 5.89 Å². The van der Waals surface area contributed by atoms with Crippen LogP contribution < -0.4 is 4.74 Å². The molecule has 6 heteroatoms. The van der Waals surface area contributed by atoms with Gasteiger partial charge >= 0.3 is 0 Å². The number of rotatable bonds is 3. The molecule has 0 saturated heterocycles. The molecule has 0 bridgehead atoms. The summed E-state index contributed by atoms with van der Waals surface area (Å²) in [5, 5.41) is 10.7. The van der Waals surface area contributed by atoms with Crippen molar-refractivity contribution in [1.82, 2.24) is 15.2 Å². The third kappa shape index (κ3) is 2.59.